The minimum absolute atomic E-state index is 0.746. The smallest absolute Gasteiger partial charge is 0.103 e. The van der Waals surface area contributed by atoms with Crippen LogP contribution in [-0.4, -0.2) is 15.0 Å². The highest BCUT2D eigenvalue weighted by Gasteiger charge is 2.02. The van der Waals surface area contributed by atoms with E-state index < -0.39 is 0 Å². The molecule has 0 spiro atoms. The molecule has 3 rings (SSSR count). The largest absolute Gasteiger partial charge is 0.379 e. The molecule has 0 fully saturated rings. The quantitative estimate of drug-likeness (QED) is 0.767. The molecule has 1 aromatic carbocycles. The molecule has 4 nitrogen and oxygen atoms in total. The van der Waals surface area contributed by atoms with E-state index in [-0.39, 0.29) is 0 Å². The van der Waals surface area contributed by atoms with Gasteiger partial charge >= 0.3 is 0 Å². The van der Waals surface area contributed by atoms with Crippen molar-refractivity contribution in [3.8, 4) is 11.3 Å². The summed E-state index contributed by atoms with van der Waals surface area (Å²) in [6, 6.07) is 8.34. The molecule has 20 heavy (non-hydrogen) atoms. The molecule has 0 radical (unpaired) electrons. The Morgan fingerprint density at radius 2 is 2.00 bits per heavy atom. The van der Waals surface area contributed by atoms with Crippen LogP contribution >= 0.6 is 11.3 Å². The maximum Gasteiger partial charge on any atom is 0.103 e. The molecule has 2 N–H and O–H groups in total. The maximum absolute atomic E-state index is 4.49. The molecule has 0 aliphatic carbocycles. The van der Waals surface area contributed by atoms with E-state index in [2.05, 4.69) is 49.9 Å². The van der Waals surface area contributed by atoms with Crippen LogP contribution in [0.2, 0.25) is 0 Å². The van der Waals surface area contributed by atoms with Crippen molar-refractivity contribution in [2.24, 2.45) is 0 Å². The summed E-state index contributed by atoms with van der Waals surface area (Å²) in [5.74, 6) is 0.941. The second-order valence-corrected chi connectivity index (χ2v) is 5.74. The number of aromatic nitrogens is 3. The third-order valence-electron chi connectivity index (χ3n) is 3.04. The summed E-state index contributed by atoms with van der Waals surface area (Å²) in [7, 11) is 0. The van der Waals surface area contributed by atoms with Crippen molar-refractivity contribution < 1.29 is 0 Å². The molecular formula is C15H16N4S. The van der Waals surface area contributed by atoms with Gasteiger partial charge in [0.25, 0.3) is 0 Å². The first-order valence-corrected chi connectivity index (χ1v) is 7.35. The Kier molecular flexibility index (Phi) is 3.52. The van der Waals surface area contributed by atoms with Gasteiger partial charge in [-0.2, -0.15) is 0 Å². The van der Waals surface area contributed by atoms with Gasteiger partial charge in [0.1, 0.15) is 5.82 Å². The number of nitrogens with zero attached hydrogens (tertiary/aromatic N) is 2. The Bertz CT molecular complexity index is 697. The molecule has 0 bridgehead atoms. The molecule has 0 aliphatic rings. The highest BCUT2D eigenvalue weighted by atomic mass is 32.1. The van der Waals surface area contributed by atoms with Crippen molar-refractivity contribution in [2.45, 2.75) is 20.4 Å². The van der Waals surface area contributed by atoms with Crippen LogP contribution in [0.5, 0.6) is 0 Å². The number of imidazole rings is 1. The number of H-pyrrole nitrogens is 1. The van der Waals surface area contributed by atoms with Crippen LogP contribution < -0.4 is 5.32 Å². The van der Waals surface area contributed by atoms with Crippen LogP contribution in [0.4, 0.5) is 5.69 Å². The summed E-state index contributed by atoms with van der Waals surface area (Å²) >= 11 is 1.68. The van der Waals surface area contributed by atoms with Gasteiger partial charge in [-0.3, -0.25) is 0 Å². The van der Waals surface area contributed by atoms with Crippen molar-refractivity contribution in [3.05, 3.63) is 52.4 Å². The molecule has 0 amide bonds. The fourth-order valence-electron chi connectivity index (χ4n) is 2.01. The fourth-order valence-corrected chi connectivity index (χ4v) is 2.64. The van der Waals surface area contributed by atoms with Crippen molar-refractivity contribution >= 4 is 17.0 Å². The van der Waals surface area contributed by atoms with Gasteiger partial charge in [-0.1, -0.05) is 12.1 Å². The summed E-state index contributed by atoms with van der Waals surface area (Å²) in [4.78, 5) is 11.9. The van der Waals surface area contributed by atoms with Gasteiger partial charge in [-0.25, -0.2) is 9.97 Å². The first kappa shape index (κ1) is 12.9. The zero-order valence-corrected chi connectivity index (χ0v) is 12.3. The first-order chi connectivity index (χ1) is 9.70. The number of rotatable bonds is 4. The van der Waals surface area contributed by atoms with Gasteiger partial charge < -0.3 is 10.3 Å². The molecule has 2 aromatic heterocycles. The number of aryl methyl sites for hydroxylation is 2. The van der Waals surface area contributed by atoms with E-state index in [1.165, 1.54) is 0 Å². The second-order valence-electron chi connectivity index (χ2n) is 4.68. The lowest BCUT2D eigenvalue weighted by Gasteiger charge is -2.05. The fraction of sp³-hybridized carbons (Fsp3) is 0.200. The first-order valence-electron chi connectivity index (χ1n) is 6.47. The third kappa shape index (κ3) is 2.88. The van der Waals surface area contributed by atoms with Crippen LogP contribution in [0.1, 0.15) is 16.5 Å². The lowest BCUT2D eigenvalue weighted by molar-refractivity contribution is 1.05. The highest BCUT2D eigenvalue weighted by molar-refractivity contribution is 7.09. The zero-order chi connectivity index (χ0) is 13.9. The number of nitrogens with one attached hydrogen (secondary N) is 2. The van der Waals surface area contributed by atoms with Crippen molar-refractivity contribution in [1.29, 1.82) is 0 Å². The average Bonchev–Trinajstić information content (AvgIpc) is 3.06. The molecule has 0 saturated carbocycles. The van der Waals surface area contributed by atoms with Gasteiger partial charge in [0.15, 0.2) is 0 Å². The van der Waals surface area contributed by atoms with E-state index in [1.54, 1.807) is 11.3 Å². The van der Waals surface area contributed by atoms with Crippen molar-refractivity contribution in [1.82, 2.24) is 15.0 Å². The molecule has 0 aliphatic heterocycles. The lowest BCUT2D eigenvalue weighted by atomic mass is 10.1. The monoisotopic (exact) mass is 284 g/mol. The van der Waals surface area contributed by atoms with Gasteiger partial charge in [-0.15, -0.1) is 11.3 Å². The summed E-state index contributed by atoms with van der Waals surface area (Å²) in [6.07, 6.45) is 1.86. The van der Waals surface area contributed by atoms with Gasteiger partial charge in [0.05, 0.1) is 29.1 Å². The molecular weight excluding hydrogens is 268 g/mol. The van der Waals surface area contributed by atoms with Crippen LogP contribution in [-0.2, 0) is 6.54 Å². The Labute approximate surface area is 121 Å². The standard InChI is InChI=1S/C15H16N4S/c1-10-16-7-14(18-10)8-17-13-5-3-12(4-6-13)15-9-20-11(2)19-15/h3-7,9,17H,8H2,1-2H3,(H,16,18). The normalized spacial score (nSPS) is 10.7. The van der Waals surface area contributed by atoms with Gasteiger partial charge in [-0.05, 0) is 26.0 Å². The predicted molar refractivity (Wildman–Crippen MR) is 82.9 cm³/mol. The third-order valence-corrected chi connectivity index (χ3v) is 3.81. The Balaban J connectivity index is 1.67. The molecule has 0 unspecified atom stereocenters. The summed E-state index contributed by atoms with van der Waals surface area (Å²) < 4.78 is 0. The SMILES string of the molecule is Cc1ncc(CNc2ccc(-c3csc(C)n3)cc2)[nH]1. The van der Waals surface area contributed by atoms with Crippen LogP contribution in [0.3, 0.4) is 0 Å². The van der Waals surface area contributed by atoms with E-state index in [4.69, 9.17) is 0 Å². The van der Waals surface area contributed by atoms with Crippen LogP contribution in [0.25, 0.3) is 11.3 Å². The van der Waals surface area contributed by atoms with Crippen LogP contribution in [0, 0.1) is 13.8 Å². The van der Waals surface area contributed by atoms with Crippen molar-refractivity contribution in [2.75, 3.05) is 5.32 Å². The number of hydrogen-bond acceptors (Lipinski definition) is 4. The topological polar surface area (TPSA) is 53.6 Å². The van der Waals surface area contributed by atoms with Gasteiger partial charge in [0.2, 0.25) is 0 Å². The van der Waals surface area contributed by atoms with Crippen LogP contribution in [0.15, 0.2) is 35.8 Å². The van der Waals surface area contributed by atoms with Gasteiger partial charge in [0, 0.05) is 16.6 Å². The van der Waals surface area contributed by atoms with Crippen molar-refractivity contribution in [3.63, 3.8) is 0 Å². The minimum atomic E-state index is 0.746. The Morgan fingerprint density at radius 1 is 1.20 bits per heavy atom. The molecule has 102 valence electrons. The zero-order valence-electron chi connectivity index (χ0n) is 11.5. The second kappa shape index (κ2) is 5.46. The number of aromatic amines is 1. The number of thiazole rings is 1. The van der Waals surface area contributed by atoms with E-state index >= 15 is 0 Å². The Hall–Kier alpha value is -2.14. The van der Waals surface area contributed by atoms with E-state index in [1.807, 2.05) is 20.0 Å². The Morgan fingerprint density at radius 3 is 2.60 bits per heavy atom. The molecule has 2 heterocycles. The number of hydrogen-bond donors (Lipinski definition) is 2. The minimum Gasteiger partial charge on any atom is -0.379 e. The molecule has 0 saturated heterocycles. The van der Waals surface area contributed by atoms with E-state index in [9.17, 15) is 0 Å². The molecule has 3 aromatic rings. The average molecular weight is 284 g/mol. The summed E-state index contributed by atoms with van der Waals surface area (Å²) in [5, 5.41) is 6.55. The number of anilines is 1. The molecule has 0 atom stereocenters. The number of benzene rings is 1. The predicted octanol–water partition coefficient (Wildman–Crippen LogP) is 3.76. The molecule has 5 heteroatoms. The van der Waals surface area contributed by atoms with E-state index in [0.29, 0.717) is 0 Å². The maximum atomic E-state index is 4.49. The summed E-state index contributed by atoms with van der Waals surface area (Å²) in [6.45, 7) is 4.72. The summed E-state index contributed by atoms with van der Waals surface area (Å²) in [5.41, 5.74) is 4.37. The highest BCUT2D eigenvalue weighted by Crippen LogP contribution is 2.23. The van der Waals surface area contributed by atoms with E-state index in [0.717, 1.165) is 40.0 Å². The lowest BCUT2D eigenvalue weighted by Crippen LogP contribution is -1.99.